The summed E-state index contributed by atoms with van der Waals surface area (Å²) in [4.78, 5) is 12.7. The van der Waals surface area contributed by atoms with Gasteiger partial charge in [-0.2, -0.15) is 4.31 Å². The highest BCUT2D eigenvalue weighted by atomic mass is 32.2. The topological polar surface area (TPSA) is 66.5 Å². The van der Waals surface area contributed by atoms with Crippen molar-refractivity contribution in [3.8, 4) is 0 Å². The van der Waals surface area contributed by atoms with E-state index >= 15 is 0 Å². The number of hydrogen-bond donors (Lipinski definition) is 1. The number of para-hydroxylation sites is 1. The van der Waals surface area contributed by atoms with E-state index in [2.05, 4.69) is 5.32 Å². The Morgan fingerprint density at radius 3 is 2.29 bits per heavy atom. The van der Waals surface area contributed by atoms with Crippen molar-refractivity contribution in [3.05, 3.63) is 60.7 Å². The Kier molecular flexibility index (Phi) is 4.97. The van der Waals surface area contributed by atoms with Gasteiger partial charge < -0.3 is 5.32 Å². The highest BCUT2D eigenvalue weighted by molar-refractivity contribution is 7.89. The summed E-state index contributed by atoms with van der Waals surface area (Å²) in [5.74, 6) is -0.466. The van der Waals surface area contributed by atoms with Crippen LogP contribution in [0.15, 0.2) is 65.6 Å². The number of nitrogens with one attached hydrogen (secondary N) is 1. The van der Waals surface area contributed by atoms with Gasteiger partial charge in [0.2, 0.25) is 15.9 Å². The number of carbonyl (C=O) groups is 1. The summed E-state index contributed by atoms with van der Waals surface area (Å²) in [5.41, 5.74) is 0.727. The smallest absolute Gasteiger partial charge is 0.243 e. The number of anilines is 1. The lowest BCUT2D eigenvalue weighted by atomic mass is 9.99. The van der Waals surface area contributed by atoms with Gasteiger partial charge in [0.15, 0.2) is 0 Å². The third-order valence-electron chi connectivity index (χ3n) is 4.18. The van der Waals surface area contributed by atoms with Crippen LogP contribution in [0.3, 0.4) is 0 Å². The van der Waals surface area contributed by atoms with Crippen molar-refractivity contribution in [2.45, 2.75) is 17.7 Å². The molecule has 1 aliphatic heterocycles. The van der Waals surface area contributed by atoms with Gasteiger partial charge in [0.05, 0.1) is 10.8 Å². The van der Waals surface area contributed by atoms with Crippen molar-refractivity contribution in [3.63, 3.8) is 0 Å². The number of rotatable bonds is 4. The highest BCUT2D eigenvalue weighted by Crippen LogP contribution is 2.24. The molecule has 1 amide bonds. The van der Waals surface area contributed by atoms with Gasteiger partial charge in [0, 0.05) is 18.8 Å². The van der Waals surface area contributed by atoms with Gasteiger partial charge in [-0.15, -0.1) is 0 Å². The summed E-state index contributed by atoms with van der Waals surface area (Å²) < 4.78 is 26.8. The normalized spacial score (nSPS) is 18.9. The number of piperidine rings is 1. The summed E-state index contributed by atoms with van der Waals surface area (Å²) in [6, 6.07) is 17.6. The molecule has 0 aliphatic carbocycles. The molecule has 2 aromatic rings. The Morgan fingerprint density at radius 1 is 1.00 bits per heavy atom. The number of carbonyl (C=O) groups excluding carboxylic acids is 1. The molecule has 1 N–H and O–H groups in total. The zero-order valence-electron chi connectivity index (χ0n) is 13.3. The van der Waals surface area contributed by atoms with Crippen molar-refractivity contribution in [2.75, 3.05) is 18.4 Å². The van der Waals surface area contributed by atoms with Gasteiger partial charge in [0.25, 0.3) is 0 Å². The maximum Gasteiger partial charge on any atom is 0.243 e. The fourth-order valence-electron chi connectivity index (χ4n) is 2.88. The standard InChI is InChI=1S/C18H20N2O3S/c21-18(19-16-9-3-1-4-10-16)15-8-7-13-20(14-15)24(22,23)17-11-5-2-6-12-17/h1-6,9-12,15H,7-8,13-14H2,(H,19,21)/t15-/m0/s1. The first-order chi connectivity index (χ1) is 11.6. The van der Waals surface area contributed by atoms with Crippen LogP contribution in [0.5, 0.6) is 0 Å². The molecule has 0 unspecified atom stereocenters. The van der Waals surface area contributed by atoms with Gasteiger partial charge in [0.1, 0.15) is 0 Å². The van der Waals surface area contributed by atoms with Crippen molar-refractivity contribution < 1.29 is 13.2 Å². The molecule has 5 nitrogen and oxygen atoms in total. The lowest BCUT2D eigenvalue weighted by molar-refractivity contribution is -0.120. The molecule has 24 heavy (non-hydrogen) atoms. The summed E-state index contributed by atoms with van der Waals surface area (Å²) >= 11 is 0. The first-order valence-corrected chi connectivity index (χ1v) is 9.42. The van der Waals surface area contributed by atoms with Gasteiger partial charge >= 0.3 is 0 Å². The average Bonchev–Trinajstić information content (AvgIpc) is 2.63. The molecule has 6 heteroatoms. The van der Waals surface area contributed by atoms with E-state index in [9.17, 15) is 13.2 Å². The van der Waals surface area contributed by atoms with E-state index in [1.807, 2.05) is 30.3 Å². The van der Waals surface area contributed by atoms with E-state index in [0.717, 1.165) is 5.69 Å². The molecule has 1 fully saturated rings. The van der Waals surface area contributed by atoms with E-state index < -0.39 is 10.0 Å². The van der Waals surface area contributed by atoms with Gasteiger partial charge in [-0.25, -0.2) is 8.42 Å². The predicted octanol–water partition coefficient (Wildman–Crippen LogP) is 2.73. The number of sulfonamides is 1. The van der Waals surface area contributed by atoms with E-state index in [1.54, 1.807) is 30.3 Å². The molecule has 3 rings (SSSR count). The lowest BCUT2D eigenvalue weighted by Gasteiger charge is -2.31. The third kappa shape index (κ3) is 3.66. The Hall–Kier alpha value is -2.18. The van der Waals surface area contributed by atoms with Crippen molar-refractivity contribution in [2.24, 2.45) is 5.92 Å². The number of benzene rings is 2. The molecule has 1 atom stereocenters. The largest absolute Gasteiger partial charge is 0.326 e. The molecule has 1 saturated heterocycles. The molecule has 1 heterocycles. The maximum atomic E-state index is 12.7. The predicted molar refractivity (Wildman–Crippen MR) is 93.0 cm³/mol. The Bertz CT molecular complexity index is 792. The minimum Gasteiger partial charge on any atom is -0.326 e. The Morgan fingerprint density at radius 2 is 1.62 bits per heavy atom. The Balaban J connectivity index is 1.71. The molecule has 0 radical (unpaired) electrons. The first kappa shape index (κ1) is 16.7. The number of hydrogen-bond acceptors (Lipinski definition) is 3. The number of nitrogens with zero attached hydrogens (tertiary/aromatic N) is 1. The highest BCUT2D eigenvalue weighted by Gasteiger charge is 2.33. The molecule has 1 aliphatic rings. The first-order valence-electron chi connectivity index (χ1n) is 7.98. The second-order valence-corrected chi connectivity index (χ2v) is 7.81. The SMILES string of the molecule is O=C(Nc1ccccc1)[C@H]1CCCN(S(=O)(=O)c2ccccc2)C1. The zero-order valence-corrected chi connectivity index (χ0v) is 14.1. The molecule has 126 valence electrons. The van der Waals surface area contributed by atoms with Gasteiger partial charge in [-0.1, -0.05) is 36.4 Å². The van der Waals surface area contributed by atoms with Crippen LogP contribution in [0.2, 0.25) is 0 Å². The van der Waals surface area contributed by atoms with Crippen LogP contribution in [-0.2, 0) is 14.8 Å². The lowest BCUT2D eigenvalue weighted by Crippen LogP contribution is -2.43. The zero-order chi connectivity index (χ0) is 17.0. The molecule has 0 aromatic heterocycles. The van der Waals surface area contributed by atoms with E-state index in [0.29, 0.717) is 19.4 Å². The average molecular weight is 344 g/mol. The van der Waals surface area contributed by atoms with E-state index in [1.165, 1.54) is 4.31 Å². The Labute approximate surface area is 142 Å². The molecular weight excluding hydrogens is 324 g/mol. The van der Waals surface area contributed by atoms with Crippen molar-refractivity contribution >= 4 is 21.6 Å². The molecular formula is C18H20N2O3S. The van der Waals surface area contributed by atoms with E-state index in [4.69, 9.17) is 0 Å². The molecule has 0 saturated carbocycles. The maximum absolute atomic E-state index is 12.7. The fourth-order valence-corrected chi connectivity index (χ4v) is 4.43. The molecule has 0 spiro atoms. The van der Waals surface area contributed by atoms with Crippen LogP contribution >= 0.6 is 0 Å². The fraction of sp³-hybridized carbons (Fsp3) is 0.278. The van der Waals surface area contributed by atoms with Crippen molar-refractivity contribution in [1.82, 2.24) is 4.31 Å². The van der Waals surface area contributed by atoms with Gasteiger partial charge in [-0.05, 0) is 37.1 Å². The van der Waals surface area contributed by atoms with Crippen LogP contribution in [0.25, 0.3) is 0 Å². The quantitative estimate of drug-likeness (QED) is 0.927. The van der Waals surface area contributed by atoms with Crippen LogP contribution in [0.1, 0.15) is 12.8 Å². The van der Waals surface area contributed by atoms with E-state index in [-0.39, 0.29) is 23.3 Å². The minimum absolute atomic E-state index is 0.130. The second kappa shape index (κ2) is 7.15. The third-order valence-corrected chi connectivity index (χ3v) is 6.06. The molecule has 2 aromatic carbocycles. The summed E-state index contributed by atoms with van der Waals surface area (Å²) in [6.07, 6.45) is 1.37. The molecule has 0 bridgehead atoms. The summed E-state index contributed by atoms with van der Waals surface area (Å²) in [5, 5.41) is 2.86. The van der Waals surface area contributed by atoms with Crippen molar-refractivity contribution in [1.29, 1.82) is 0 Å². The minimum atomic E-state index is -3.55. The number of amides is 1. The van der Waals surface area contributed by atoms with Crippen LogP contribution in [0.4, 0.5) is 5.69 Å². The second-order valence-electron chi connectivity index (χ2n) is 5.87. The van der Waals surface area contributed by atoms with Crippen LogP contribution < -0.4 is 5.32 Å². The van der Waals surface area contributed by atoms with Gasteiger partial charge in [-0.3, -0.25) is 4.79 Å². The summed E-state index contributed by atoms with van der Waals surface area (Å²) in [6.45, 7) is 0.669. The monoisotopic (exact) mass is 344 g/mol. The van der Waals surface area contributed by atoms with Crippen LogP contribution in [-0.4, -0.2) is 31.7 Å². The summed E-state index contributed by atoms with van der Waals surface area (Å²) in [7, 11) is -3.55. The van der Waals surface area contributed by atoms with Crippen LogP contribution in [0, 0.1) is 5.92 Å².